The third-order valence-corrected chi connectivity index (χ3v) is 6.48. The maximum atomic E-state index is 12.8. The van der Waals surface area contributed by atoms with Crippen molar-refractivity contribution in [3.63, 3.8) is 0 Å². The first-order chi connectivity index (χ1) is 18.3. The van der Waals surface area contributed by atoms with E-state index in [9.17, 15) is 24.5 Å². The smallest absolute Gasteiger partial charge is 0.343 e. The zero-order valence-corrected chi connectivity index (χ0v) is 21.4. The van der Waals surface area contributed by atoms with Crippen molar-refractivity contribution in [2.75, 3.05) is 20.3 Å². The van der Waals surface area contributed by atoms with Gasteiger partial charge in [0.1, 0.15) is 12.4 Å². The van der Waals surface area contributed by atoms with Crippen LogP contribution in [0.15, 0.2) is 71.6 Å². The number of imide groups is 1. The molecule has 0 saturated carbocycles. The van der Waals surface area contributed by atoms with Gasteiger partial charge in [0.15, 0.2) is 11.5 Å². The summed E-state index contributed by atoms with van der Waals surface area (Å²) in [5.41, 5.74) is 0.276. The molecule has 194 valence electrons. The number of carbonyl (C=O) groups is 3. The number of thioether (sulfide) groups is 1. The molecule has 3 aromatic rings. The summed E-state index contributed by atoms with van der Waals surface area (Å²) in [7, 11) is 1.37. The molecule has 2 amide bonds. The Balaban J connectivity index is 1.44. The second-order valence-electron chi connectivity index (χ2n) is 7.72. The third-order valence-electron chi connectivity index (χ3n) is 5.26. The van der Waals surface area contributed by atoms with Gasteiger partial charge in [-0.15, -0.1) is 0 Å². The lowest BCUT2D eigenvalue weighted by Crippen LogP contribution is -2.32. The Hall–Kier alpha value is -4.35. The molecule has 1 heterocycles. The van der Waals surface area contributed by atoms with E-state index in [0.717, 1.165) is 22.7 Å². The van der Waals surface area contributed by atoms with Crippen LogP contribution < -0.4 is 14.2 Å². The van der Waals surface area contributed by atoms with Gasteiger partial charge in [-0.05, 0) is 53.7 Å². The Morgan fingerprint density at radius 2 is 1.84 bits per heavy atom. The molecular weight excluding hydrogens is 536 g/mol. The van der Waals surface area contributed by atoms with Gasteiger partial charge in [0.05, 0.1) is 34.1 Å². The fraction of sp³-hybridized carbons (Fsp3) is 0.115. The Labute approximate surface area is 225 Å². The maximum absolute atomic E-state index is 12.8. The Morgan fingerprint density at radius 1 is 1.05 bits per heavy atom. The number of carbonyl (C=O) groups excluding carboxylic acids is 3. The number of hydrogen-bond acceptors (Lipinski definition) is 9. The topological polar surface area (TPSA) is 125 Å². The quantitative estimate of drug-likeness (QED) is 0.109. The fourth-order valence-corrected chi connectivity index (χ4v) is 4.47. The number of nitrogens with zero attached hydrogens (tertiary/aromatic N) is 2. The molecule has 4 rings (SSSR count). The van der Waals surface area contributed by atoms with E-state index in [0.29, 0.717) is 16.3 Å². The van der Waals surface area contributed by atoms with E-state index in [1.54, 1.807) is 30.3 Å². The standard InChI is InChI=1S/C26H19ClN2O8S/c1-35-22-13-16(9-10-21(22)37-25(31)17-5-4-6-18(15-17)29(33)34)14-23-24(30)28(26(32)38-23)11-12-36-20-8-3-2-7-19(20)27/h2-10,13-15H,11-12H2,1H3/b23-14-. The van der Waals surface area contributed by atoms with E-state index in [1.807, 2.05) is 0 Å². The number of non-ortho nitro benzene ring substituents is 1. The van der Waals surface area contributed by atoms with Crippen LogP contribution in [0.25, 0.3) is 6.08 Å². The number of esters is 1. The number of halogens is 1. The molecule has 0 atom stereocenters. The van der Waals surface area contributed by atoms with E-state index in [4.69, 9.17) is 25.8 Å². The molecule has 3 aromatic carbocycles. The number of para-hydroxylation sites is 1. The van der Waals surface area contributed by atoms with Crippen molar-refractivity contribution in [3.8, 4) is 17.2 Å². The number of amides is 2. The summed E-state index contributed by atoms with van der Waals surface area (Å²) >= 11 is 6.85. The average molecular weight is 555 g/mol. The highest BCUT2D eigenvalue weighted by Crippen LogP contribution is 2.35. The highest BCUT2D eigenvalue weighted by Gasteiger charge is 2.35. The van der Waals surface area contributed by atoms with Crippen LogP contribution in [0.5, 0.6) is 17.2 Å². The summed E-state index contributed by atoms with van der Waals surface area (Å²) < 4.78 is 16.2. The van der Waals surface area contributed by atoms with Crippen LogP contribution in [0.4, 0.5) is 10.5 Å². The number of nitro groups is 1. The largest absolute Gasteiger partial charge is 0.493 e. The molecule has 0 radical (unpaired) electrons. The van der Waals surface area contributed by atoms with Crippen LogP contribution in [0.1, 0.15) is 15.9 Å². The fourth-order valence-electron chi connectivity index (χ4n) is 3.42. The second-order valence-corrected chi connectivity index (χ2v) is 9.12. The molecule has 1 aliphatic rings. The lowest BCUT2D eigenvalue weighted by Gasteiger charge is -2.13. The van der Waals surface area contributed by atoms with E-state index >= 15 is 0 Å². The van der Waals surface area contributed by atoms with E-state index in [1.165, 1.54) is 43.5 Å². The van der Waals surface area contributed by atoms with Crippen molar-refractivity contribution in [3.05, 3.63) is 97.9 Å². The maximum Gasteiger partial charge on any atom is 0.343 e. The molecule has 0 N–H and O–H groups in total. The molecule has 1 saturated heterocycles. The second kappa shape index (κ2) is 11.8. The van der Waals surface area contributed by atoms with Gasteiger partial charge in [-0.3, -0.25) is 24.6 Å². The van der Waals surface area contributed by atoms with Gasteiger partial charge >= 0.3 is 5.97 Å². The van der Waals surface area contributed by atoms with E-state index < -0.39 is 22.0 Å². The molecule has 38 heavy (non-hydrogen) atoms. The molecular formula is C26H19ClN2O8S. The summed E-state index contributed by atoms with van der Waals surface area (Å²) in [4.78, 5) is 49.4. The molecule has 0 unspecified atom stereocenters. The van der Waals surface area contributed by atoms with Gasteiger partial charge in [-0.1, -0.05) is 35.9 Å². The molecule has 12 heteroatoms. The average Bonchev–Trinajstić information content (AvgIpc) is 3.17. The van der Waals surface area contributed by atoms with Crippen molar-refractivity contribution in [2.45, 2.75) is 0 Å². The minimum absolute atomic E-state index is 0.00230. The van der Waals surface area contributed by atoms with Gasteiger partial charge < -0.3 is 14.2 Å². The van der Waals surface area contributed by atoms with E-state index in [-0.39, 0.29) is 40.8 Å². The first-order valence-corrected chi connectivity index (χ1v) is 12.2. The Morgan fingerprint density at radius 3 is 2.58 bits per heavy atom. The van der Waals surface area contributed by atoms with Crippen molar-refractivity contribution < 1.29 is 33.5 Å². The van der Waals surface area contributed by atoms with Gasteiger partial charge in [0.25, 0.3) is 16.8 Å². The highest BCUT2D eigenvalue weighted by atomic mass is 35.5. The number of nitro benzene ring substituents is 1. The van der Waals surface area contributed by atoms with Gasteiger partial charge in [-0.2, -0.15) is 0 Å². The van der Waals surface area contributed by atoms with Gasteiger partial charge in [0.2, 0.25) is 0 Å². The van der Waals surface area contributed by atoms with Crippen molar-refractivity contribution >= 4 is 52.2 Å². The van der Waals surface area contributed by atoms with Gasteiger partial charge in [-0.25, -0.2) is 4.79 Å². The number of methoxy groups -OCH3 is 1. The zero-order valence-electron chi connectivity index (χ0n) is 19.8. The number of benzene rings is 3. The van der Waals surface area contributed by atoms with Crippen LogP contribution in [0.2, 0.25) is 5.02 Å². The minimum atomic E-state index is -0.806. The third kappa shape index (κ3) is 6.13. The van der Waals surface area contributed by atoms with Crippen molar-refractivity contribution in [1.29, 1.82) is 0 Å². The first-order valence-electron chi connectivity index (χ1n) is 11.0. The molecule has 1 aliphatic heterocycles. The predicted molar refractivity (Wildman–Crippen MR) is 141 cm³/mol. The van der Waals surface area contributed by atoms with Crippen LogP contribution in [-0.2, 0) is 4.79 Å². The first kappa shape index (κ1) is 26.7. The summed E-state index contributed by atoms with van der Waals surface area (Å²) in [5, 5.41) is 11.0. The molecule has 0 aliphatic carbocycles. The SMILES string of the molecule is COc1cc(/C=C2\SC(=O)N(CCOc3ccccc3Cl)C2=O)ccc1OC(=O)c1cccc([N+](=O)[O-])c1. The summed E-state index contributed by atoms with van der Waals surface area (Å²) in [6.45, 7) is 0.122. The van der Waals surface area contributed by atoms with Crippen LogP contribution >= 0.6 is 23.4 Å². The molecule has 0 spiro atoms. The van der Waals surface area contributed by atoms with Crippen LogP contribution in [-0.4, -0.2) is 47.2 Å². The van der Waals surface area contributed by atoms with Crippen molar-refractivity contribution in [2.24, 2.45) is 0 Å². The highest BCUT2D eigenvalue weighted by molar-refractivity contribution is 8.18. The van der Waals surface area contributed by atoms with Gasteiger partial charge in [0, 0.05) is 12.1 Å². The summed E-state index contributed by atoms with van der Waals surface area (Å²) in [6.07, 6.45) is 1.52. The number of ether oxygens (including phenoxy) is 3. The van der Waals surface area contributed by atoms with Crippen LogP contribution in [0.3, 0.4) is 0 Å². The molecule has 0 bridgehead atoms. The normalized spacial score (nSPS) is 14.1. The molecule has 0 aromatic heterocycles. The monoisotopic (exact) mass is 554 g/mol. The van der Waals surface area contributed by atoms with Crippen LogP contribution in [0, 0.1) is 10.1 Å². The molecule has 1 fully saturated rings. The zero-order chi connectivity index (χ0) is 27.2. The number of hydrogen-bond donors (Lipinski definition) is 0. The Bertz CT molecular complexity index is 1460. The van der Waals surface area contributed by atoms with E-state index in [2.05, 4.69) is 0 Å². The molecule has 10 nitrogen and oxygen atoms in total. The summed E-state index contributed by atoms with van der Waals surface area (Å²) in [6, 6.07) is 16.6. The number of rotatable bonds is 9. The van der Waals surface area contributed by atoms with Crippen molar-refractivity contribution in [1.82, 2.24) is 4.90 Å². The predicted octanol–water partition coefficient (Wildman–Crippen LogP) is 5.59. The lowest BCUT2D eigenvalue weighted by atomic mass is 10.1. The Kier molecular flexibility index (Phi) is 8.29. The lowest BCUT2D eigenvalue weighted by molar-refractivity contribution is -0.384. The summed E-state index contributed by atoms with van der Waals surface area (Å²) in [5.74, 6) is -0.561. The minimum Gasteiger partial charge on any atom is -0.493 e.